The number of aromatic amines is 1. The second kappa shape index (κ2) is 9.47. The highest BCUT2D eigenvalue weighted by molar-refractivity contribution is 5.92. The molecule has 8 heteroatoms. The summed E-state index contributed by atoms with van der Waals surface area (Å²) in [4.78, 5) is 32.0. The molecule has 0 saturated carbocycles. The average Bonchev–Trinajstić information content (AvgIpc) is 3.23. The lowest BCUT2D eigenvalue weighted by Crippen LogP contribution is -2.12. The van der Waals surface area contributed by atoms with E-state index in [1.807, 2.05) is 50.2 Å². The summed E-state index contributed by atoms with van der Waals surface area (Å²) in [5, 5.41) is 7.70. The monoisotopic (exact) mass is 432 g/mol. The maximum Gasteiger partial charge on any atom is 0.259 e. The molecule has 0 fully saturated rings. The minimum Gasteiger partial charge on any atom is -0.492 e. The number of hydrogen-bond donors (Lipinski definition) is 2. The van der Waals surface area contributed by atoms with Crippen LogP contribution in [0.4, 0.5) is 5.69 Å². The van der Waals surface area contributed by atoms with E-state index in [9.17, 15) is 9.59 Å². The highest BCUT2D eigenvalue weighted by Crippen LogP contribution is 2.24. The van der Waals surface area contributed by atoms with E-state index in [-0.39, 0.29) is 23.7 Å². The van der Waals surface area contributed by atoms with Gasteiger partial charge in [0.2, 0.25) is 17.6 Å². The second-order valence-corrected chi connectivity index (χ2v) is 7.45. The summed E-state index contributed by atoms with van der Waals surface area (Å²) in [6.07, 6.45) is 1.24. The van der Waals surface area contributed by atoms with Crippen molar-refractivity contribution in [2.75, 3.05) is 11.9 Å². The van der Waals surface area contributed by atoms with E-state index in [0.717, 1.165) is 16.5 Å². The van der Waals surface area contributed by atoms with Gasteiger partial charge in [0.25, 0.3) is 5.56 Å². The number of aromatic nitrogens is 3. The minimum atomic E-state index is -0.275. The third-order valence-corrected chi connectivity index (χ3v) is 4.97. The van der Waals surface area contributed by atoms with Crippen LogP contribution in [0.3, 0.4) is 0 Å². The number of aryl methyl sites for hydroxylation is 2. The Labute approximate surface area is 184 Å². The zero-order chi connectivity index (χ0) is 22.5. The molecule has 4 aromatic rings. The number of pyridine rings is 1. The first-order valence-corrected chi connectivity index (χ1v) is 10.5. The number of benzene rings is 2. The molecule has 0 bridgehead atoms. The number of amides is 1. The fourth-order valence-electron chi connectivity index (χ4n) is 3.41. The van der Waals surface area contributed by atoms with E-state index >= 15 is 0 Å². The maximum atomic E-state index is 12.5. The molecule has 0 unspecified atom stereocenters. The standard InChI is InChI=1S/C24H24N4O4/c1-3-31-20-8-5-4-7-18(20)25-21(29)9-6-10-22-27-23(28-32-22)17-14-16-12-11-15(2)13-19(16)26-24(17)30/h4-5,7-8,11-14H,3,6,9-10H2,1-2H3,(H,25,29)(H,26,30). The van der Waals surface area contributed by atoms with Crippen LogP contribution in [0.15, 0.2) is 57.8 Å². The quantitative estimate of drug-likeness (QED) is 0.431. The normalized spacial score (nSPS) is 10.9. The van der Waals surface area contributed by atoms with E-state index in [0.29, 0.717) is 42.3 Å². The molecular weight excluding hydrogens is 408 g/mol. The number of carbonyl (C=O) groups excluding carboxylic acids is 1. The van der Waals surface area contributed by atoms with Crippen LogP contribution >= 0.6 is 0 Å². The number of nitrogens with zero attached hydrogens (tertiary/aromatic N) is 2. The van der Waals surface area contributed by atoms with Crippen molar-refractivity contribution in [3.63, 3.8) is 0 Å². The van der Waals surface area contributed by atoms with Crippen LogP contribution in [0.25, 0.3) is 22.3 Å². The zero-order valence-corrected chi connectivity index (χ0v) is 18.0. The summed E-state index contributed by atoms with van der Waals surface area (Å²) in [5.41, 5.74) is 2.54. The molecule has 164 valence electrons. The van der Waals surface area contributed by atoms with Crippen LogP contribution in [0.1, 0.15) is 31.2 Å². The van der Waals surface area contributed by atoms with Crippen LogP contribution in [0.2, 0.25) is 0 Å². The van der Waals surface area contributed by atoms with Gasteiger partial charge in [0.05, 0.1) is 17.9 Å². The van der Waals surface area contributed by atoms with Crippen molar-refractivity contribution in [2.24, 2.45) is 0 Å². The van der Waals surface area contributed by atoms with Crippen LogP contribution in [-0.2, 0) is 11.2 Å². The van der Waals surface area contributed by atoms with Gasteiger partial charge < -0.3 is 19.6 Å². The number of ether oxygens (including phenoxy) is 1. The van der Waals surface area contributed by atoms with Crippen molar-refractivity contribution in [1.82, 2.24) is 15.1 Å². The molecule has 2 aromatic heterocycles. The van der Waals surface area contributed by atoms with Gasteiger partial charge in [-0.25, -0.2) is 0 Å². The highest BCUT2D eigenvalue weighted by atomic mass is 16.5. The molecular formula is C24H24N4O4. The van der Waals surface area contributed by atoms with Gasteiger partial charge in [-0.05, 0) is 55.5 Å². The molecule has 2 heterocycles. The number of hydrogen-bond acceptors (Lipinski definition) is 6. The molecule has 0 saturated heterocycles. The largest absolute Gasteiger partial charge is 0.492 e. The highest BCUT2D eigenvalue weighted by Gasteiger charge is 2.14. The lowest BCUT2D eigenvalue weighted by Gasteiger charge is -2.10. The summed E-state index contributed by atoms with van der Waals surface area (Å²) in [6.45, 7) is 4.38. The van der Waals surface area contributed by atoms with Crippen molar-refractivity contribution >= 4 is 22.5 Å². The van der Waals surface area contributed by atoms with Gasteiger partial charge in [-0.2, -0.15) is 4.98 Å². The van der Waals surface area contributed by atoms with Gasteiger partial charge in [0.15, 0.2) is 0 Å². The van der Waals surface area contributed by atoms with Crippen LogP contribution in [0.5, 0.6) is 5.75 Å². The van der Waals surface area contributed by atoms with Crippen molar-refractivity contribution in [1.29, 1.82) is 0 Å². The summed E-state index contributed by atoms with van der Waals surface area (Å²) < 4.78 is 10.8. The Hall–Kier alpha value is -3.94. The van der Waals surface area contributed by atoms with Crippen molar-refractivity contribution in [2.45, 2.75) is 33.1 Å². The first-order valence-electron chi connectivity index (χ1n) is 10.5. The molecule has 0 radical (unpaired) electrons. The number of rotatable bonds is 8. The van der Waals surface area contributed by atoms with Gasteiger partial charge in [0.1, 0.15) is 5.75 Å². The molecule has 4 rings (SSSR count). The number of fused-ring (bicyclic) bond motifs is 1. The number of nitrogens with one attached hydrogen (secondary N) is 2. The number of anilines is 1. The van der Waals surface area contributed by atoms with Crippen LogP contribution in [-0.4, -0.2) is 27.6 Å². The van der Waals surface area contributed by atoms with Gasteiger partial charge in [0, 0.05) is 18.4 Å². The lowest BCUT2D eigenvalue weighted by atomic mass is 10.1. The second-order valence-electron chi connectivity index (χ2n) is 7.45. The molecule has 32 heavy (non-hydrogen) atoms. The summed E-state index contributed by atoms with van der Waals surface area (Å²) in [7, 11) is 0. The Bertz CT molecular complexity index is 1310. The van der Waals surface area contributed by atoms with Gasteiger partial charge in [-0.3, -0.25) is 9.59 Å². The molecule has 1 amide bonds. The van der Waals surface area contributed by atoms with Gasteiger partial charge >= 0.3 is 0 Å². The number of para-hydroxylation sites is 2. The molecule has 0 aliphatic carbocycles. The predicted octanol–water partition coefficient (Wildman–Crippen LogP) is 4.25. The summed E-state index contributed by atoms with van der Waals surface area (Å²) in [5.74, 6) is 1.13. The van der Waals surface area contributed by atoms with Gasteiger partial charge in [-0.15, -0.1) is 0 Å². The van der Waals surface area contributed by atoms with E-state index in [1.54, 1.807) is 12.1 Å². The Morgan fingerprint density at radius 1 is 1.19 bits per heavy atom. The third kappa shape index (κ3) is 4.85. The topological polar surface area (TPSA) is 110 Å². The maximum absolute atomic E-state index is 12.5. The molecule has 8 nitrogen and oxygen atoms in total. The van der Waals surface area contributed by atoms with Crippen LogP contribution < -0.4 is 15.6 Å². The first-order chi connectivity index (χ1) is 15.5. The molecule has 0 aliphatic heterocycles. The average molecular weight is 432 g/mol. The summed E-state index contributed by atoms with van der Waals surface area (Å²) in [6, 6.07) is 14.9. The molecule has 0 atom stereocenters. The lowest BCUT2D eigenvalue weighted by molar-refractivity contribution is -0.116. The Morgan fingerprint density at radius 2 is 2.03 bits per heavy atom. The third-order valence-electron chi connectivity index (χ3n) is 4.97. The van der Waals surface area contributed by atoms with E-state index in [1.165, 1.54) is 0 Å². The molecule has 0 spiro atoms. The van der Waals surface area contributed by atoms with Gasteiger partial charge in [-0.1, -0.05) is 29.4 Å². The predicted molar refractivity (Wildman–Crippen MR) is 122 cm³/mol. The fourth-order valence-corrected chi connectivity index (χ4v) is 3.41. The summed E-state index contributed by atoms with van der Waals surface area (Å²) >= 11 is 0. The Balaban J connectivity index is 1.38. The van der Waals surface area contributed by atoms with Crippen molar-refractivity contribution in [3.05, 3.63) is 70.3 Å². The molecule has 0 aliphatic rings. The number of carbonyl (C=O) groups is 1. The first kappa shape index (κ1) is 21.3. The zero-order valence-electron chi connectivity index (χ0n) is 18.0. The minimum absolute atomic E-state index is 0.127. The smallest absolute Gasteiger partial charge is 0.259 e. The molecule has 2 N–H and O–H groups in total. The van der Waals surface area contributed by atoms with Crippen molar-refractivity contribution in [3.8, 4) is 17.1 Å². The Kier molecular flexibility index (Phi) is 6.30. The van der Waals surface area contributed by atoms with Crippen LogP contribution in [0, 0.1) is 6.92 Å². The Morgan fingerprint density at radius 3 is 2.88 bits per heavy atom. The SMILES string of the molecule is CCOc1ccccc1NC(=O)CCCc1nc(-c2cc3ccc(C)cc3[nH]c2=O)no1. The molecule has 2 aromatic carbocycles. The van der Waals surface area contributed by atoms with E-state index in [4.69, 9.17) is 9.26 Å². The fraction of sp³-hybridized carbons (Fsp3) is 0.250. The van der Waals surface area contributed by atoms with Crippen molar-refractivity contribution < 1.29 is 14.1 Å². The van der Waals surface area contributed by atoms with E-state index in [2.05, 4.69) is 20.4 Å². The van der Waals surface area contributed by atoms with E-state index < -0.39 is 0 Å². The number of H-pyrrole nitrogens is 1.